The van der Waals surface area contributed by atoms with Crippen molar-refractivity contribution >= 4 is 11.4 Å². The van der Waals surface area contributed by atoms with E-state index in [1.165, 1.54) is 41.8 Å². The number of rotatable bonds is 9. The summed E-state index contributed by atoms with van der Waals surface area (Å²) >= 11 is 0. The van der Waals surface area contributed by atoms with Crippen LogP contribution in [0.4, 0.5) is 11.4 Å². The molecule has 0 radical (unpaired) electrons. The molecule has 2 aromatic carbocycles. The van der Waals surface area contributed by atoms with E-state index in [-0.39, 0.29) is 23.9 Å². The number of hydrogen-bond donors (Lipinski definition) is 2. The monoisotopic (exact) mass is 451 g/mol. The third kappa shape index (κ3) is 5.55. The highest BCUT2D eigenvalue weighted by molar-refractivity contribution is 5.48. The predicted octanol–water partition coefficient (Wildman–Crippen LogP) is 6.18. The molecule has 33 heavy (non-hydrogen) atoms. The molecule has 0 amide bonds. The first-order valence-electron chi connectivity index (χ1n) is 12.7. The summed E-state index contributed by atoms with van der Waals surface area (Å²) in [6.45, 7) is 6.71. The van der Waals surface area contributed by atoms with Crippen LogP contribution in [0.3, 0.4) is 0 Å². The SMILES string of the molecule is CCCCCCC1(O)[C@@H](C)[C@@H](c2ccc(N(C)C)cc2)N[C@H](c2ccc(N(C)C)cc2)[C@@H]1C. The fraction of sp³-hybridized carbons (Fsp3) is 0.586. The van der Waals surface area contributed by atoms with Crippen LogP contribution in [0.2, 0.25) is 0 Å². The second-order valence-electron chi connectivity index (χ2n) is 10.5. The maximum atomic E-state index is 12.2. The lowest BCUT2D eigenvalue weighted by Gasteiger charge is -2.52. The summed E-state index contributed by atoms with van der Waals surface area (Å²) in [4.78, 5) is 4.26. The molecule has 0 aliphatic carbocycles. The van der Waals surface area contributed by atoms with Crippen molar-refractivity contribution in [2.45, 2.75) is 70.6 Å². The second-order valence-corrected chi connectivity index (χ2v) is 10.5. The Kier molecular flexibility index (Phi) is 8.47. The van der Waals surface area contributed by atoms with Crippen molar-refractivity contribution in [3.8, 4) is 0 Å². The highest BCUT2D eigenvalue weighted by atomic mass is 16.3. The molecular weight excluding hydrogens is 406 g/mol. The van der Waals surface area contributed by atoms with E-state index >= 15 is 0 Å². The van der Waals surface area contributed by atoms with Crippen LogP contribution in [0.1, 0.15) is 76.1 Å². The van der Waals surface area contributed by atoms with Crippen molar-refractivity contribution < 1.29 is 5.11 Å². The van der Waals surface area contributed by atoms with E-state index in [0.717, 1.165) is 12.8 Å². The van der Waals surface area contributed by atoms with Crippen LogP contribution < -0.4 is 15.1 Å². The Bertz CT molecular complexity index is 796. The lowest BCUT2D eigenvalue weighted by Crippen LogP contribution is -2.57. The number of unbranched alkanes of at least 4 members (excludes halogenated alkanes) is 3. The highest BCUT2D eigenvalue weighted by Crippen LogP contribution is 2.49. The van der Waals surface area contributed by atoms with Gasteiger partial charge in [0.1, 0.15) is 0 Å². The fourth-order valence-corrected chi connectivity index (χ4v) is 5.49. The number of anilines is 2. The van der Waals surface area contributed by atoms with Crippen molar-refractivity contribution in [1.29, 1.82) is 0 Å². The average Bonchev–Trinajstić information content (AvgIpc) is 2.81. The van der Waals surface area contributed by atoms with Gasteiger partial charge in [0.2, 0.25) is 0 Å². The summed E-state index contributed by atoms with van der Waals surface area (Å²) in [5.74, 6) is 0.244. The molecule has 182 valence electrons. The normalized spacial score (nSPS) is 27.4. The van der Waals surface area contributed by atoms with Gasteiger partial charge in [0.15, 0.2) is 0 Å². The molecule has 0 spiro atoms. The summed E-state index contributed by atoms with van der Waals surface area (Å²) in [6, 6.07) is 17.8. The van der Waals surface area contributed by atoms with Crippen LogP contribution in [0.15, 0.2) is 48.5 Å². The van der Waals surface area contributed by atoms with Gasteiger partial charge in [-0.3, -0.25) is 0 Å². The zero-order valence-corrected chi connectivity index (χ0v) is 21.8. The third-order valence-electron chi connectivity index (χ3n) is 7.90. The zero-order chi connectivity index (χ0) is 24.2. The minimum atomic E-state index is -0.714. The van der Waals surface area contributed by atoms with Crippen LogP contribution in [0.5, 0.6) is 0 Å². The second kappa shape index (κ2) is 10.9. The molecule has 2 N–H and O–H groups in total. The largest absolute Gasteiger partial charge is 0.389 e. The Labute approximate surface area is 202 Å². The molecular formula is C29H45N3O. The lowest BCUT2D eigenvalue weighted by molar-refractivity contribution is -0.117. The Morgan fingerprint density at radius 3 is 1.52 bits per heavy atom. The molecule has 4 atom stereocenters. The molecule has 1 saturated heterocycles. The summed E-state index contributed by atoms with van der Waals surface area (Å²) in [5, 5.41) is 16.2. The van der Waals surface area contributed by atoms with E-state index in [0.29, 0.717) is 0 Å². The Morgan fingerprint density at radius 1 is 0.727 bits per heavy atom. The van der Waals surface area contributed by atoms with Crippen molar-refractivity contribution in [2.24, 2.45) is 11.8 Å². The van der Waals surface area contributed by atoms with Gasteiger partial charge < -0.3 is 20.2 Å². The summed E-state index contributed by atoms with van der Waals surface area (Å²) in [6.07, 6.45) is 5.58. The van der Waals surface area contributed by atoms with Crippen molar-refractivity contribution in [2.75, 3.05) is 38.0 Å². The fourth-order valence-electron chi connectivity index (χ4n) is 5.49. The smallest absolute Gasteiger partial charge is 0.0734 e. The molecule has 4 nitrogen and oxygen atoms in total. The van der Waals surface area contributed by atoms with Gasteiger partial charge in [0.25, 0.3) is 0 Å². The van der Waals surface area contributed by atoms with E-state index in [4.69, 9.17) is 0 Å². The number of piperidine rings is 1. The first-order valence-corrected chi connectivity index (χ1v) is 12.7. The molecule has 1 fully saturated rings. The van der Waals surface area contributed by atoms with E-state index in [1.807, 2.05) is 0 Å². The summed E-state index contributed by atoms with van der Waals surface area (Å²) in [7, 11) is 8.28. The molecule has 2 aromatic rings. The standard InChI is InChI=1S/C29H45N3O/c1-8-9-10-11-20-29(33)21(2)27(23-12-16-25(17-13-23)31(4)5)30-28(22(29)3)24-14-18-26(19-15-24)32(6)7/h12-19,21-22,27-28,30,33H,8-11,20H2,1-7H3/t21-,22-,27-,28-/m0/s1. The molecule has 4 heteroatoms. The highest BCUT2D eigenvalue weighted by Gasteiger charge is 2.50. The van der Waals surface area contributed by atoms with Gasteiger partial charge in [0, 0.05) is 63.5 Å². The van der Waals surface area contributed by atoms with Crippen molar-refractivity contribution in [3.05, 3.63) is 59.7 Å². The van der Waals surface area contributed by atoms with Crippen LogP contribution >= 0.6 is 0 Å². The topological polar surface area (TPSA) is 38.7 Å². The molecule has 0 unspecified atom stereocenters. The van der Waals surface area contributed by atoms with Crippen molar-refractivity contribution in [1.82, 2.24) is 5.32 Å². The van der Waals surface area contributed by atoms with Gasteiger partial charge in [-0.1, -0.05) is 70.7 Å². The van der Waals surface area contributed by atoms with Crippen molar-refractivity contribution in [3.63, 3.8) is 0 Å². The van der Waals surface area contributed by atoms with Gasteiger partial charge in [-0.2, -0.15) is 0 Å². The Morgan fingerprint density at radius 2 is 1.15 bits per heavy atom. The van der Waals surface area contributed by atoms with E-state index in [2.05, 4.69) is 113 Å². The number of benzene rings is 2. The van der Waals surface area contributed by atoms with Gasteiger partial charge in [-0.05, 0) is 41.8 Å². The quantitative estimate of drug-likeness (QED) is 0.447. The maximum absolute atomic E-state index is 12.2. The average molecular weight is 452 g/mol. The van der Waals surface area contributed by atoms with Gasteiger partial charge in [-0.15, -0.1) is 0 Å². The zero-order valence-electron chi connectivity index (χ0n) is 21.8. The molecule has 0 saturated carbocycles. The number of hydrogen-bond acceptors (Lipinski definition) is 4. The van der Waals surface area contributed by atoms with E-state index in [1.54, 1.807) is 0 Å². The van der Waals surface area contributed by atoms with Crippen LogP contribution in [0.25, 0.3) is 0 Å². The maximum Gasteiger partial charge on any atom is 0.0734 e. The summed E-state index contributed by atoms with van der Waals surface area (Å²) < 4.78 is 0. The Hall–Kier alpha value is -2.04. The molecule has 1 heterocycles. The minimum absolute atomic E-state index is 0.104. The van der Waals surface area contributed by atoms with Gasteiger partial charge in [0.05, 0.1) is 5.60 Å². The van der Waals surface area contributed by atoms with Gasteiger partial charge >= 0.3 is 0 Å². The molecule has 1 aliphatic heterocycles. The van der Waals surface area contributed by atoms with E-state index in [9.17, 15) is 5.11 Å². The lowest BCUT2D eigenvalue weighted by atomic mass is 9.64. The minimum Gasteiger partial charge on any atom is -0.389 e. The first kappa shape index (κ1) is 25.6. The molecule has 0 aromatic heterocycles. The predicted molar refractivity (Wildman–Crippen MR) is 142 cm³/mol. The van der Waals surface area contributed by atoms with Crippen LogP contribution in [-0.4, -0.2) is 38.9 Å². The van der Waals surface area contributed by atoms with Crippen LogP contribution in [0, 0.1) is 11.8 Å². The first-order chi connectivity index (χ1) is 15.7. The number of aliphatic hydroxyl groups is 1. The van der Waals surface area contributed by atoms with Crippen LogP contribution in [-0.2, 0) is 0 Å². The summed E-state index contributed by atoms with van der Waals surface area (Å²) in [5.41, 5.74) is 4.18. The Balaban J connectivity index is 1.95. The number of nitrogens with zero attached hydrogens (tertiary/aromatic N) is 2. The molecule has 3 rings (SSSR count). The van der Waals surface area contributed by atoms with Gasteiger partial charge in [-0.25, -0.2) is 0 Å². The molecule has 0 bridgehead atoms. The third-order valence-corrected chi connectivity index (χ3v) is 7.90. The molecule has 1 aliphatic rings. The number of nitrogens with one attached hydrogen (secondary N) is 1. The van der Waals surface area contributed by atoms with E-state index < -0.39 is 5.60 Å².